The monoisotopic (exact) mass is 261 g/mol. The molecule has 0 amide bonds. The van der Waals surface area contributed by atoms with Crippen LogP contribution in [-0.2, 0) is 6.54 Å². The van der Waals surface area contributed by atoms with Gasteiger partial charge in [-0.1, -0.05) is 12.2 Å². The second-order valence-corrected chi connectivity index (χ2v) is 4.03. The predicted octanol–water partition coefficient (Wildman–Crippen LogP) is 2.39. The minimum atomic E-state index is -0.639. The molecule has 0 saturated carbocycles. The van der Waals surface area contributed by atoms with Gasteiger partial charge in [0, 0.05) is 24.7 Å². The normalized spacial score (nSPS) is 13.6. The standard InChI is InChI=1S/C12H11N3O4/c16-14(17)11-5-4-10(12(8-11)15(18)19)9-13-6-2-1-3-7-13/h1-6,8H,7,9H2. The van der Waals surface area contributed by atoms with Crippen LogP contribution >= 0.6 is 0 Å². The zero-order chi connectivity index (χ0) is 13.8. The van der Waals surface area contributed by atoms with E-state index in [1.165, 1.54) is 12.1 Å². The quantitative estimate of drug-likeness (QED) is 0.613. The van der Waals surface area contributed by atoms with Crippen LogP contribution in [-0.4, -0.2) is 21.3 Å². The molecular formula is C12H11N3O4. The summed E-state index contributed by atoms with van der Waals surface area (Å²) in [6, 6.07) is 3.72. The van der Waals surface area contributed by atoms with E-state index < -0.39 is 9.85 Å². The number of allylic oxidation sites excluding steroid dienone is 2. The Hall–Kier alpha value is -2.70. The van der Waals surface area contributed by atoms with Crippen LogP contribution in [0.3, 0.4) is 0 Å². The zero-order valence-electron chi connectivity index (χ0n) is 9.93. The van der Waals surface area contributed by atoms with Crippen molar-refractivity contribution < 1.29 is 9.85 Å². The number of benzene rings is 1. The maximum Gasteiger partial charge on any atom is 0.281 e. The molecule has 0 radical (unpaired) electrons. The molecule has 0 fully saturated rings. The summed E-state index contributed by atoms with van der Waals surface area (Å²) in [5.74, 6) is 0. The highest BCUT2D eigenvalue weighted by Crippen LogP contribution is 2.26. The lowest BCUT2D eigenvalue weighted by molar-refractivity contribution is -0.394. The molecule has 1 aromatic rings. The molecule has 0 saturated heterocycles. The molecule has 1 aromatic carbocycles. The van der Waals surface area contributed by atoms with Gasteiger partial charge in [-0.25, -0.2) is 0 Å². The molecule has 98 valence electrons. The summed E-state index contributed by atoms with van der Waals surface area (Å²) in [5.41, 5.74) is -0.0442. The fourth-order valence-electron chi connectivity index (χ4n) is 1.81. The van der Waals surface area contributed by atoms with Gasteiger partial charge in [-0.05, 0) is 18.3 Å². The van der Waals surface area contributed by atoms with Gasteiger partial charge in [0.1, 0.15) is 0 Å². The SMILES string of the molecule is O=[N+]([O-])c1ccc(CN2C=CC=CC2)c([N+](=O)[O-])c1. The van der Waals surface area contributed by atoms with Crippen LogP contribution < -0.4 is 0 Å². The highest BCUT2D eigenvalue weighted by molar-refractivity contribution is 5.49. The Kier molecular flexibility index (Phi) is 3.56. The van der Waals surface area contributed by atoms with Crippen LogP contribution in [0.1, 0.15) is 5.56 Å². The van der Waals surface area contributed by atoms with Gasteiger partial charge in [-0.2, -0.15) is 0 Å². The summed E-state index contributed by atoms with van der Waals surface area (Å²) >= 11 is 0. The summed E-state index contributed by atoms with van der Waals surface area (Å²) in [4.78, 5) is 22.3. The summed E-state index contributed by atoms with van der Waals surface area (Å²) in [7, 11) is 0. The lowest BCUT2D eigenvalue weighted by Crippen LogP contribution is -2.18. The van der Waals surface area contributed by atoms with Crippen molar-refractivity contribution in [3.8, 4) is 0 Å². The molecule has 0 bridgehead atoms. The van der Waals surface area contributed by atoms with E-state index in [4.69, 9.17) is 0 Å². The Labute approximate surface area is 108 Å². The number of nitro benzene ring substituents is 2. The van der Waals surface area contributed by atoms with E-state index in [-0.39, 0.29) is 11.4 Å². The smallest absolute Gasteiger partial charge is 0.281 e. The molecule has 0 N–H and O–H groups in total. The predicted molar refractivity (Wildman–Crippen MR) is 68.4 cm³/mol. The van der Waals surface area contributed by atoms with E-state index in [2.05, 4.69) is 0 Å². The van der Waals surface area contributed by atoms with Gasteiger partial charge in [0.15, 0.2) is 0 Å². The Morgan fingerprint density at radius 2 is 1.95 bits per heavy atom. The van der Waals surface area contributed by atoms with Crippen molar-refractivity contribution in [2.24, 2.45) is 0 Å². The van der Waals surface area contributed by atoms with Gasteiger partial charge in [0.25, 0.3) is 11.4 Å². The molecule has 0 aromatic heterocycles. The molecule has 19 heavy (non-hydrogen) atoms. The second-order valence-electron chi connectivity index (χ2n) is 4.03. The van der Waals surface area contributed by atoms with E-state index in [0.29, 0.717) is 18.7 Å². The van der Waals surface area contributed by atoms with Crippen molar-refractivity contribution in [3.05, 3.63) is 68.4 Å². The van der Waals surface area contributed by atoms with Crippen LogP contribution in [0.15, 0.2) is 42.6 Å². The first-order valence-electron chi connectivity index (χ1n) is 5.57. The number of hydrogen-bond donors (Lipinski definition) is 0. The number of hydrogen-bond acceptors (Lipinski definition) is 5. The third-order valence-corrected chi connectivity index (χ3v) is 2.73. The Morgan fingerprint density at radius 3 is 2.53 bits per heavy atom. The Bertz CT molecular complexity index is 580. The zero-order valence-corrected chi connectivity index (χ0v) is 9.93. The molecule has 1 aliphatic rings. The molecular weight excluding hydrogens is 250 g/mol. The third kappa shape index (κ3) is 2.95. The van der Waals surface area contributed by atoms with E-state index in [1.807, 2.05) is 29.3 Å². The first-order chi connectivity index (χ1) is 9.08. The number of nitro groups is 2. The molecule has 0 spiro atoms. The molecule has 0 aliphatic carbocycles. The number of nitrogens with zero attached hydrogens (tertiary/aromatic N) is 3. The van der Waals surface area contributed by atoms with Gasteiger partial charge in [0.05, 0.1) is 15.9 Å². The lowest BCUT2D eigenvalue weighted by atomic mass is 10.1. The van der Waals surface area contributed by atoms with E-state index >= 15 is 0 Å². The minimum absolute atomic E-state index is 0.225. The summed E-state index contributed by atoms with van der Waals surface area (Å²) < 4.78 is 0. The van der Waals surface area contributed by atoms with Crippen LogP contribution in [0.5, 0.6) is 0 Å². The molecule has 7 heteroatoms. The summed E-state index contributed by atoms with van der Waals surface area (Å²) in [6.45, 7) is 1.000. The molecule has 2 rings (SSSR count). The molecule has 7 nitrogen and oxygen atoms in total. The van der Waals surface area contributed by atoms with Gasteiger partial charge in [-0.15, -0.1) is 0 Å². The van der Waals surface area contributed by atoms with Crippen molar-refractivity contribution in [2.45, 2.75) is 6.54 Å². The van der Waals surface area contributed by atoms with Gasteiger partial charge < -0.3 is 4.90 Å². The molecule has 1 aliphatic heterocycles. The molecule has 0 unspecified atom stereocenters. The Balaban J connectivity index is 2.29. The molecule has 0 atom stereocenters. The van der Waals surface area contributed by atoms with Crippen molar-refractivity contribution in [3.63, 3.8) is 0 Å². The summed E-state index contributed by atoms with van der Waals surface area (Å²) in [5, 5.41) is 21.6. The minimum Gasteiger partial charge on any atom is -0.369 e. The average molecular weight is 261 g/mol. The first-order valence-corrected chi connectivity index (χ1v) is 5.57. The van der Waals surface area contributed by atoms with Crippen molar-refractivity contribution in [1.29, 1.82) is 0 Å². The number of non-ortho nitro benzene ring substituents is 1. The number of rotatable bonds is 4. The summed E-state index contributed by atoms with van der Waals surface area (Å²) in [6.07, 6.45) is 7.48. The van der Waals surface area contributed by atoms with Crippen LogP contribution in [0.4, 0.5) is 11.4 Å². The van der Waals surface area contributed by atoms with E-state index in [1.54, 1.807) is 0 Å². The van der Waals surface area contributed by atoms with E-state index in [0.717, 1.165) is 6.07 Å². The van der Waals surface area contributed by atoms with Gasteiger partial charge >= 0.3 is 0 Å². The van der Waals surface area contributed by atoms with Crippen molar-refractivity contribution >= 4 is 11.4 Å². The van der Waals surface area contributed by atoms with Crippen molar-refractivity contribution in [1.82, 2.24) is 4.90 Å². The van der Waals surface area contributed by atoms with Crippen LogP contribution in [0.2, 0.25) is 0 Å². The van der Waals surface area contributed by atoms with E-state index in [9.17, 15) is 20.2 Å². The maximum atomic E-state index is 11.0. The Morgan fingerprint density at radius 1 is 1.16 bits per heavy atom. The fraction of sp³-hybridized carbons (Fsp3) is 0.167. The first kappa shape index (κ1) is 12.7. The lowest BCUT2D eigenvalue weighted by Gasteiger charge is -2.20. The van der Waals surface area contributed by atoms with Gasteiger partial charge in [0.2, 0.25) is 0 Å². The highest BCUT2D eigenvalue weighted by Gasteiger charge is 2.20. The maximum absolute atomic E-state index is 11.0. The molecule has 1 heterocycles. The average Bonchev–Trinajstić information content (AvgIpc) is 2.39. The topological polar surface area (TPSA) is 89.5 Å². The fourth-order valence-corrected chi connectivity index (χ4v) is 1.81. The van der Waals surface area contributed by atoms with Crippen molar-refractivity contribution in [2.75, 3.05) is 6.54 Å². The second kappa shape index (κ2) is 5.30. The van der Waals surface area contributed by atoms with Gasteiger partial charge in [-0.3, -0.25) is 20.2 Å². The van der Waals surface area contributed by atoms with Crippen LogP contribution in [0, 0.1) is 20.2 Å². The third-order valence-electron chi connectivity index (χ3n) is 2.73. The highest BCUT2D eigenvalue weighted by atomic mass is 16.6. The van der Waals surface area contributed by atoms with Crippen LogP contribution in [0.25, 0.3) is 0 Å². The largest absolute Gasteiger partial charge is 0.369 e.